The summed E-state index contributed by atoms with van der Waals surface area (Å²) in [4.78, 5) is 0. The molecule has 48 heavy (non-hydrogen) atoms. The van der Waals surface area contributed by atoms with Gasteiger partial charge in [-0.05, 0) is 83.0 Å². The summed E-state index contributed by atoms with van der Waals surface area (Å²) >= 11 is 0. The zero-order chi connectivity index (χ0) is 31.6. The zero-order valence-corrected chi connectivity index (χ0v) is 26.2. The van der Waals surface area contributed by atoms with Gasteiger partial charge in [-0.25, -0.2) is 0 Å². The van der Waals surface area contributed by atoms with Crippen molar-refractivity contribution in [3.8, 4) is 33.8 Å². The van der Waals surface area contributed by atoms with Gasteiger partial charge in [-0.1, -0.05) is 164 Å². The largest absolute Gasteiger partial charge is 0.457 e. The third-order valence-corrected chi connectivity index (χ3v) is 10.2. The first-order valence-electron chi connectivity index (χ1n) is 16.6. The fraction of sp³-hybridized carbons (Fsp3) is 0.0213. The summed E-state index contributed by atoms with van der Waals surface area (Å²) in [6, 6.07) is 63.9. The predicted octanol–water partition coefficient (Wildman–Crippen LogP) is 12.9. The molecule has 1 aliphatic rings. The third kappa shape index (κ3) is 4.04. The number of benzene rings is 9. The Labute approximate surface area is 279 Å². The average Bonchev–Trinajstić information content (AvgIpc) is 3.17. The Bertz CT molecular complexity index is 2600. The first-order valence-corrected chi connectivity index (χ1v) is 16.6. The van der Waals surface area contributed by atoms with Gasteiger partial charge in [0, 0.05) is 17.0 Å². The Kier molecular flexibility index (Phi) is 6.01. The Morgan fingerprint density at radius 1 is 0.312 bits per heavy atom. The lowest BCUT2D eigenvalue weighted by atomic mass is 9.78. The molecule has 9 aromatic carbocycles. The third-order valence-electron chi connectivity index (χ3n) is 10.2. The van der Waals surface area contributed by atoms with Crippen LogP contribution in [0.2, 0.25) is 0 Å². The van der Waals surface area contributed by atoms with E-state index in [2.05, 4.69) is 176 Å². The second-order valence-electron chi connectivity index (χ2n) is 12.8. The Morgan fingerprint density at radius 2 is 0.729 bits per heavy atom. The van der Waals surface area contributed by atoms with Gasteiger partial charge in [0.1, 0.15) is 11.5 Å². The Hall–Kier alpha value is -6.18. The molecule has 0 saturated carbocycles. The Balaban J connectivity index is 1.24. The molecule has 0 spiro atoms. The number of hydrogen-bond acceptors (Lipinski definition) is 1. The minimum atomic E-state index is 0.0111. The maximum atomic E-state index is 6.69. The summed E-state index contributed by atoms with van der Waals surface area (Å²) in [5.41, 5.74) is 8.69. The number of ether oxygens (including phenoxy) is 1. The number of fused-ring (bicyclic) bond motifs is 9. The van der Waals surface area contributed by atoms with E-state index >= 15 is 0 Å². The first kappa shape index (κ1) is 27.0. The van der Waals surface area contributed by atoms with Crippen LogP contribution >= 0.6 is 0 Å². The number of rotatable bonds is 3. The predicted molar refractivity (Wildman–Crippen MR) is 201 cm³/mol. The van der Waals surface area contributed by atoms with Crippen LogP contribution in [0.3, 0.4) is 0 Å². The molecule has 1 heterocycles. The van der Waals surface area contributed by atoms with E-state index in [1.807, 2.05) is 0 Å². The minimum absolute atomic E-state index is 0.0111. The fourth-order valence-electron chi connectivity index (χ4n) is 8.11. The smallest absolute Gasteiger partial charge is 0.132 e. The SMILES string of the molecule is c1ccc(-c2c(-c3ccc(C4c5c(ccc6ccccc56)Oc5ccc6ccccc6c54)cc3)c3ccccc3c3ccccc23)cc1. The van der Waals surface area contributed by atoms with Gasteiger partial charge in [-0.15, -0.1) is 0 Å². The quantitative estimate of drug-likeness (QED) is 0.181. The topological polar surface area (TPSA) is 9.23 Å². The molecule has 0 fully saturated rings. The van der Waals surface area contributed by atoms with E-state index in [0.717, 1.165) is 11.5 Å². The lowest BCUT2D eigenvalue weighted by molar-refractivity contribution is 0.456. The highest BCUT2D eigenvalue weighted by atomic mass is 16.5. The standard InChI is InChI=1S/C47H30O/c1-2-14-32(15-3-1)43-39-20-10-8-18-37(39)38-19-9-11-21-40(38)44(43)33-22-24-34(25-23-33)45-46-35-16-6-4-12-30(35)26-28-41(46)48-42-29-27-31-13-5-7-17-36(31)47(42)45/h1-29,45H. The lowest BCUT2D eigenvalue weighted by Gasteiger charge is -2.31. The maximum Gasteiger partial charge on any atom is 0.132 e. The van der Waals surface area contributed by atoms with Crippen LogP contribution in [-0.4, -0.2) is 0 Å². The van der Waals surface area contributed by atoms with E-state index in [4.69, 9.17) is 4.74 Å². The molecule has 0 atom stereocenters. The minimum Gasteiger partial charge on any atom is -0.457 e. The van der Waals surface area contributed by atoms with Gasteiger partial charge in [0.15, 0.2) is 0 Å². The molecular formula is C47H30O. The summed E-state index contributed by atoms with van der Waals surface area (Å²) in [5, 5.41) is 10.00. The van der Waals surface area contributed by atoms with Crippen molar-refractivity contribution in [3.63, 3.8) is 0 Å². The molecular weight excluding hydrogens is 581 g/mol. The van der Waals surface area contributed by atoms with Crippen LogP contribution in [0.5, 0.6) is 11.5 Å². The summed E-state index contributed by atoms with van der Waals surface area (Å²) in [6.07, 6.45) is 0. The van der Waals surface area contributed by atoms with E-state index in [0.29, 0.717) is 0 Å². The molecule has 0 aromatic heterocycles. The summed E-state index contributed by atoms with van der Waals surface area (Å²) < 4.78 is 6.69. The molecule has 1 aliphatic heterocycles. The van der Waals surface area contributed by atoms with Crippen LogP contribution in [0.25, 0.3) is 65.3 Å². The van der Waals surface area contributed by atoms with Crippen LogP contribution in [0.1, 0.15) is 22.6 Å². The summed E-state index contributed by atoms with van der Waals surface area (Å²) in [5.74, 6) is 1.87. The first-order chi connectivity index (χ1) is 23.8. The molecule has 224 valence electrons. The van der Waals surface area contributed by atoms with Crippen molar-refractivity contribution in [3.05, 3.63) is 193 Å². The molecule has 1 nitrogen and oxygen atoms in total. The summed E-state index contributed by atoms with van der Waals surface area (Å²) in [7, 11) is 0. The highest BCUT2D eigenvalue weighted by Gasteiger charge is 2.32. The van der Waals surface area contributed by atoms with Gasteiger partial charge in [0.05, 0.1) is 0 Å². The number of hydrogen-bond donors (Lipinski definition) is 0. The molecule has 0 bridgehead atoms. The van der Waals surface area contributed by atoms with Gasteiger partial charge in [-0.2, -0.15) is 0 Å². The van der Waals surface area contributed by atoms with Crippen molar-refractivity contribution < 1.29 is 4.74 Å². The van der Waals surface area contributed by atoms with Gasteiger partial charge >= 0.3 is 0 Å². The molecule has 0 radical (unpaired) electrons. The Morgan fingerprint density at radius 3 is 1.25 bits per heavy atom. The van der Waals surface area contributed by atoms with Crippen molar-refractivity contribution >= 4 is 43.1 Å². The van der Waals surface area contributed by atoms with Gasteiger partial charge in [0.2, 0.25) is 0 Å². The fourth-order valence-corrected chi connectivity index (χ4v) is 8.11. The highest BCUT2D eigenvalue weighted by Crippen LogP contribution is 2.53. The monoisotopic (exact) mass is 610 g/mol. The van der Waals surface area contributed by atoms with Crippen LogP contribution in [0, 0.1) is 0 Å². The van der Waals surface area contributed by atoms with Gasteiger partial charge < -0.3 is 4.74 Å². The van der Waals surface area contributed by atoms with Crippen molar-refractivity contribution in [1.82, 2.24) is 0 Å². The van der Waals surface area contributed by atoms with E-state index in [9.17, 15) is 0 Å². The van der Waals surface area contributed by atoms with Crippen molar-refractivity contribution in [2.45, 2.75) is 5.92 Å². The summed E-state index contributed by atoms with van der Waals surface area (Å²) in [6.45, 7) is 0. The lowest BCUT2D eigenvalue weighted by Crippen LogP contribution is -2.13. The van der Waals surface area contributed by atoms with Crippen LogP contribution in [-0.2, 0) is 0 Å². The van der Waals surface area contributed by atoms with E-state index < -0.39 is 0 Å². The average molecular weight is 611 g/mol. The maximum absolute atomic E-state index is 6.69. The molecule has 0 N–H and O–H groups in total. The zero-order valence-electron chi connectivity index (χ0n) is 26.2. The van der Waals surface area contributed by atoms with Crippen LogP contribution in [0.15, 0.2) is 176 Å². The van der Waals surface area contributed by atoms with Crippen molar-refractivity contribution in [2.24, 2.45) is 0 Å². The second-order valence-corrected chi connectivity index (χ2v) is 12.8. The van der Waals surface area contributed by atoms with E-state index in [1.165, 1.54) is 82.0 Å². The molecule has 0 amide bonds. The molecule has 0 unspecified atom stereocenters. The van der Waals surface area contributed by atoms with E-state index in [-0.39, 0.29) is 5.92 Å². The molecule has 10 rings (SSSR count). The van der Waals surface area contributed by atoms with Gasteiger partial charge in [-0.3, -0.25) is 0 Å². The highest BCUT2D eigenvalue weighted by molar-refractivity contribution is 6.21. The normalized spacial score (nSPS) is 12.7. The second kappa shape index (κ2) is 10.7. The molecule has 9 aromatic rings. The molecule has 1 heteroatoms. The molecule has 0 saturated heterocycles. The van der Waals surface area contributed by atoms with Crippen LogP contribution < -0.4 is 4.74 Å². The van der Waals surface area contributed by atoms with Crippen LogP contribution in [0.4, 0.5) is 0 Å². The van der Waals surface area contributed by atoms with E-state index in [1.54, 1.807) is 0 Å². The van der Waals surface area contributed by atoms with Crippen molar-refractivity contribution in [1.29, 1.82) is 0 Å². The van der Waals surface area contributed by atoms with Crippen molar-refractivity contribution in [2.75, 3.05) is 0 Å². The molecule has 0 aliphatic carbocycles. The van der Waals surface area contributed by atoms with Gasteiger partial charge in [0.25, 0.3) is 0 Å².